The normalized spacial score (nSPS) is 31.6. The quantitative estimate of drug-likeness (QED) is 0.889. The van der Waals surface area contributed by atoms with Gasteiger partial charge >= 0.3 is 0 Å². The van der Waals surface area contributed by atoms with Crippen molar-refractivity contribution in [2.75, 3.05) is 13.1 Å². The highest BCUT2D eigenvalue weighted by atomic mass is 16.3. The Balaban J connectivity index is 1.71. The molecule has 0 aromatic carbocycles. The first-order valence-electron chi connectivity index (χ1n) is 7.33. The minimum atomic E-state index is 0.160. The molecule has 3 rings (SSSR count). The Morgan fingerprint density at radius 2 is 2.37 bits per heavy atom. The van der Waals surface area contributed by atoms with Crippen molar-refractivity contribution in [2.24, 2.45) is 5.92 Å². The molecule has 2 aliphatic heterocycles. The lowest BCUT2D eigenvalue weighted by molar-refractivity contribution is -0.138. The Kier molecular flexibility index (Phi) is 3.60. The van der Waals surface area contributed by atoms with E-state index in [1.54, 1.807) is 6.26 Å². The Morgan fingerprint density at radius 3 is 3.11 bits per heavy atom. The first-order valence-corrected chi connectivity index (χ1v) is 7.33. The van der Waals surface area contributed by atoms with E-state index < -0.39 is 0 Å². The third kappa shape index (κ3) is 2.54. The molecule has 4 nitrogen and oxygen atoms in total. The zero-order valence-electron chi connectivity index (χ0n) is 11.5. The summed E-state index contributed by atoms with van der Waals surface area (Å²) in [4.78, 5) is 14.8. The molecule has 19 heavy (non-hydrogen) atoms. The van der Waals surface area contributed by atoms with E-state index in [1.807, 2.05) is 17.0 Å². The van der Waals surface area contributed by atoms with E-state index in [0.717, 1.165) is 44.5 Å². The van der Waals surface area contributed by atoms with Crippen molar-refractivity contribution in [2.45, 2.75) is 44.7 Å². The molecule has 3 atom stereocenters. The number of hydrogen-bond donors (Lipinski definition) is 1. The van der Waals surface area contributed by atoms with E-state index in [1.165, 1.54) is 0 Å². The predicted octanol–water partition coefficient (Wildman–Crippen LogP) is 2.33. The van der Waals surface area contributed by atoms with Crippen LogP contribution in [0.15, 0.2) is 22.8 Å². The molecular formula is C15H22N2O2. The van der Waals surface area contributed by atoms with Crippen LogP contribution in [0.25, 0.3) is 0 Å². The SMILES string of the molecule is C[C@H]1C[C@@H](C(=O)N2CCCC2c2ccco2)CCN1. The van der Waals surface area contributed by atoms with E-state index in [-0.39, 0.29) is 12.0 Å². The van der Waals surface area contributed by atoms with Crippen molar-refractivity contribution in [1.82, 2.24) is 10.2 Å². The third-order valence-corrected chi connectivity index (χ3v) is 4.38. The maximum Gasteiger partial charge on any atom is 0.226 e. The highest BCUT2D eigenvalue weighted by molar-refractivity contribution is 5.79. The minimum absolute atomic E-state index is 0.160. The maximum atomic E-state index is 12.7. The summed E-state index contributed by atoms with van der Waals surface area (Å²) in [6, 6.07) is 4.50. The van der Waals surface area contributed by atoms with Gasteiger partial charge in [0.25, 0.3) is 0 Å². The molecule has 0 spiro atoms. The fourth-order valence-corrected chi connectivity index (χ4v) is 3.40. The third-order valence-electron chi connectivity index (χ3n) is 4.38. The van der Waals surface area contributed by atoms with Crippen LogP contribution >= 0.6 is 0 Å². The number of nitrogens with zero attached hydrogens (tertiary/aromatic N) is 1. The molecule has 0 radical (unpaired) electrons. The van der Waals surface area contributed by atoms with Gasteiger partial charge in [-0.15, -0.1) is 0 Å². The molecule has 0 bridgehead atoms. The molecule has 2 fully saturated rings. The molecule has 0 aliphatic carbocycles. The Labute approximate surface area is 114 Å². The van der Waals surface area contributed by atoms with Crippen LogP contribution in [0.5, 0.6) is 0 Å². The Bertz CT molecular complexity index is 429. The largest absolute Gasteiger partial charge is 0.467 e. The highest BCUT2D eigenvalue weighted by Gasteiger charge is 2.36. The lowest BCUT2D eigenvalue weighted by Gasteiger charge is -2.32. The summed E-state index contributed by atoms with van der Waals surface area (Å²) >= 11 is 0. The summed E-state index contributed by atoms with van der Waals surface area (Å²) in [5, 5.41) is 3.41. The smallest absolute Gasteiger partial charge is 0.226 e. The Morgan fingerprint density at radius 1 is 1.47 bits per heavy atom. The second kappa shape index (κ2) is 5.37. The zero-order chi connectivity index (χ0) is 13.2. The Hall–Kier alpha value is -1.29. The number of hydrogen-bond acceptors (Lipinski definition) is 3. The number of carbonyl (C=O) groups excluding carboxylic acids is 1. The van der Waals surface area contributed by atoms with Crippen LogP contribution in [0.4, 0.5) is 0 Å². The molecule has 1 aromatic rings. The fourth-order valence-electron chi connectivity index (χ4n) is 3.40. The average molecular weight is 262 g/mol. The minimum Gasteiger partial charge on any atom is -0.467 e. The van der Waals surface area contributed by atoms with E-state index in [4.69, 9.17) is 4.42 Å². The molecule has 4 heteroatoms. The number of furan rings is 1. The maximum absolute atomic E-state index is 12.7. The first-order chi connectivity index (χ1) is 9.25. The van der Waals surface area contributed by atoms with Gasteiger partial charge in [0.1, 0.15) is 5.76 Å². The standard InChI is InChI=1S/C15H22N2O2/c1-11-10-12(6-7-16-11)15(18)17-8-2-4-13(17)14-5-3-9-19-14/h3,5,9,11-13,16H,2,4,6-8,10H2,1H3/t11-,12-,13?/m0/s1. The van der Waals surface area contributed by atoms with Crippen molar-refractivity contribution >= 4 is 5.91 Å². The zero-order valence-corrected chi connectivity index (χ0v) is 11.5. The molecule has 1 amide bonds. The van der Waals surface area contributed by atoms with Gasteiger partial charge in [-0.05, 0) is 51.3 Å². The van der Waals surface area contributed by atoms with Gasteiger partial charge in [0, 0.05) is 18.5 Å². The van der Waals surface area contributed by atoms with Gasteiger partial charge in [-0.2, -0.15) is 0 Å². The molecule has 2 aliphatic rings. The molecule has 3 heterocycles. The van der Waals surface area contributed by atoms with Crippen molar-refractivity contribution in [3.05, 3.63) is 24.2 Å². The van der Waals surface area contributed by atoms with E-state index >= 15 is 0 Å². The number of likely N-dealkylation sites (tertiary alicyclic amines) is 1. The summed E-state index contributed by atoms with van der Waals surface area (Å²) in [5.41, 5.74) is 0. The predicted molar refractivity (Wildman–Crippen MR) is 72.6 cm³/mol. The number of nitrogens with one attached hydrogen (secondary N) is 1. The number of amides is 1. The van der Waals surface area contributed by atoms with Crippen molar-refractivity contribution in [1.29, 1.82) is 0 Å². The second-order valence-electron chi connectivity index (χ2n) is 5.78. The number of piperidine rings is 1. The molecule has 0 saturated carbocycles. The lowest BCUT2D eigenvalue weighted by atomic mass is 9.91. The molecule has 1 aromatic heterocycles. The van der Waals surface area contributed by atoms with Gasteiger partial charge in [0.2, 0.25) is 5.91 Å². The van der Waals surface area contributed by atoms with E-state index in [9.17, 15) is 4.79 Å². The van der Waals surface area contributed by atoms with Crippen LogP contribution in [-0.2, 0) is 4.79 Å². The summed E-state index contributed by atoms with van der Waals surface area (Å²) < 4.78 is 5.50. The van der Waals surface area contributed by atoms with Crippen LogP contribution < -0.4 is 5.32 Å². The number of carbonyl (C=O) groups is 1. The molecule has 104 valence electrons. The van der Waals surface area contributed by atoms with Gasteiger partial charge in [0.05, 0.1) is 12.3 Å². The van der Waals surface area contributed by atoms with Gasteiger partial charge in [-0.25, -0.2) is 0 Å². The van der Waals surface area contributed by atoms with Crippen molar-refractivity contribution in [3.8, 4) is 0 Å². The van der Waals surface area contributed by atoms with Crippen LogP contribution in [0.1, 0.15) is 44.4 Å². The van der Waals surface area contributed by atoms with Gasteiger partial charge in [0.15, 0.2) is 0 Å². The van der Waals surface area contributed by atoms with Gasteiger partial charge in [-0.3, -0.25) is 4.79 Å². The first kappa shape index (κ1) is 12.7. The van der Waals surface area contributed by atoms with Gasteiger partial charge in [-0.1, -0.05) is 0 Å². The van der Waals surface area contributed by atoms with Crippen LogP contribution in [0, 0.1) is 5.92 Å². The van der Waals surface area contributed by atoms with E-state index in [2.05, 4.69) is 12.2 Å². The monoisotopic (exact) mass is 262 g/mol. The van der Waals surface area contributed by atoms with Crippen LogP contribution in [-0.4, -0.2) is 29.9 Å². The van der Waals surface area contributed by atoms with Crippen LogP contribution in [0.3, 0.4) is 0 Å². The molecule has 1 N–H and O–H groups in total. The topological polar surface area (TPSA) is 45.5 Å². The second-order valence-corrected chi connectivity index (χ2v) is 5.78. The molecular weight excluding hydrogens is 240 g/mol. The lowest BCUT2D eigenvalue weighted by Crippen LogP contribution is -2.43. The van der Waals surface area contributed by atoms with Crippen molar-refractivity contribution in [3.63, 3.8) is 0 Å². The van der Waals surface area contributed by atoms with Crippen molar-refractivity contribution < 1.29 is 9.21 Å². The van der Waals surface area contributed by atoms with Crippen LogP contribution in [0.2, 0.25) is 0 Å². The fraction of sp³-hybridized carbons (Fsp3) is 0.667. The summed E-state index contributed by atoms with van der Waals surface area (Å²) in [6.45, 7) is 3.99. The highest BCUT2D eigenvalue weighted by Crippen LogP contribution is 2.34. The summed E-state index contributed by atoms with van der Waals surface area (Å²) in [7, 11) is 0. The molecule has 2 saturated heterocycles. The summed E-state index contributed by atoms with van der Waals surface area (Å²) in [5.74, 6) is 1.45. The molecule has 1 unspecified atom stereocenters. The van der Waals surface area contributed by atoms with E-state index in [0.29, 0.717) is 11.9 Å². The van der Waals surface area contributed by atoms with Gasteiger partial charge < -0.3 is 14.6 Å². The summed E-state index contributed by atoms with van der Waals surface area (Å²) in [6.07, 6.45) is 5.73. The average Bonchev–Trinajstić information content (AvgIpc) is 3.08. The number of rotatable bonds is 2.